The van der Waals surface area contributed by atoms with Gasteiger partial charge in [-0.05, 0) is 37.4 Å². The molecule has 0 atom stereocenters. The Kier molecular flexibility index (Phi) is 4.60. The van der Waals surface area contributed by atoms with Gasteiger partial charge in [0, 0.05) is 6.08 Å². The first-order valence-corrected chi connectivity index (χ1v) is 5.18. The quantitative estimate of drug-likeness (QED) is 0.375. The van der Waals surface area contributed by atoms with Gasteiger partial charge in [0.15, 0.2) is 17.4 Å². The number of ether oxygens (including phenoxy) is 1. The van der Waals surface area contributed by atoms with Crippen LogP contribution in [-0.4, -0.2) is 11.8 Å². The largest absolute Gasteiger partial charge is 0.504 e. The van der Waals surface area contributed by atoms with E-state index >= 15 is 0 Å². The number of aliphatic imine (C=N–C) groups is 1. The smallest absolute Gasteiger partial charge is 0.191 e. The van der Waals surface area contributed by atoms with Crippen molar-refractivity contribution in [1.29, 1.82) is 0 Å². The van der Waals surface area contributed by atoms with E-state index in [0.717, 1.165) is 5.56 Å². The van der Waals surface area contributed by atoms with Gasteiger partial charge in [-0.1, -0.05) is 17.7 Å². The second-order valence-corrected chi connectivity index (χ2v) is 3.68. The molecule has 0 bridgehead atoms. The highest BCUT2D eigenvalue weighted by Crippen LogP contribution is 2.27. The van der Waals surface area contributed by atoms with Crippen LogP contribution in [0.4, 0.5) is 0 Å². The van der Waals surface area contributed by atoms with Gasteiger partial charge in [-0.15, -0.1) is 0 Å². The SMILES string of the molecule is C=N/C(Cl)=C\C=C(/N)Oc1ccc(C)cc1O. The highest BCUT2D eigenvalue weighted by molar-refractivity contribution is 6.29. The number of aromatic hydroxyl groups is 1. The van der Waals surface area contributed by atoms with Gasteiger partial charge in [0.2, 0.25) is 0 Å². The van der Waals surface area contributed by atoms with Crippen molar-refractivity contribution in [2.24, 2.45) is 10.7 Å². The molecular weight excluding hydrogens is 240 g/mol. The molecule has 90 valence electrons. The van der Waals surface area contributed by atoms with Crippen LogP contribution in [0.15, 0.2) is 46.4 Å². The van der Waals surface area contributed by atoms with E-state index in [1.165, 1.54) is 12.2 Å². The molecule has 1 aromatic rings. The molecule has 1 rings (SSSR count). The van der Waals surface area contributed by atoms with Crippen LogP contribution in [0.2, 0.25) is 0 Å². The van der Waals surface area contributed by atoms with Gasteiger partial charge in [-0.25, -0.2) is 0 Å². The van der Waals surface area contributed by atoms with Crippen LogP contribution in [0, 0.1) is 6.92 Å². The summed E-state index contributed by atoms with van der Waals surface area (Å²) in [6, 6.07) is 5.01. The van der Waals surface area contributed by atoms with Crippen molar-refractivity contribution in [3.8, 4) is 11.5 Å². The Bertz CT molecular complexity index is 481. The number of nitrogens with zero attached hydrogens (tertiary/aromatic N) is 1. The maximum Gasteiger partial charge on any atom is 0.191 e. The Balaban J connectivity index is 2.81. The van der Waals surface area contributed by atoms with E-state index in [1.54, 1.807) is 18.2 Å². The molecule has 0 aliphatic carbocycles. The summed E-state index contributed by atoms with van der Waals surface area (Å²) in [5.74, 6) is 0.393. The number of benzene rings is 1. The van der Waals surface area contributed by atoms with Crippen molar-refractivity contribution in [3.63, 3.8) is 0 Å². The minimum Gasteiger partial charge on any atom is -0.504 e. The minimum atomic E-state index is 0.0262. The van der Waals surface area contributed by atoms with Gasteiger partial charge in [0.25, 0.3) is 0 Å². The second-order valence-electron chi connectivity index (χ2n) is 3.29. The van der Waals surface area contributed by atoms with Gasteiger partial charge >= 0.3 is 0 Å². The molecule has 4 nitrogen and oxygen atoms in total. The highest BCUT2D eigenvalue weighted by atomic mass is 35.5. The lowest BCUT2D eigenvalue weighted by Gasteiger charge is -2.07. The summed E-state index contributed by atoms with van der Waals surface area (Å²) in [5.41, 5.74) is 6.51. The van der Waals surface area contributed by atoms with Crippen molar-refractivity contribution in [2.45, 2.75) is 6.92 Å². The lowest BCUT2D eigenvalue weighted by Crippen LogP contribution is -2.05. The molecule has 0 aliphatic rings. The number of hydrogen-bond acceptors (Lipinski definition) is 4. The van der Waals surface area contributed by atoms with Crippen molar-refractivity contribution in [1.82, 2.24) is 0 Å². The lowest BCUT2D eigenvalue weighted by molar-refractivity contribution is 0.378. The number of hydrogen-bond donors (Lipinski definition) is 2. The topological polar surface area (TPSA) is 67.8 Å². The molecule has 0 spiro atoms. The molecule has 3 N–H and O–H groups in total. The first-order chi connectivity index (χ1) is 8.02. The molecule has 1 aromatic carbocycles. The molecule has 5 heteroatoms. The fourth-order valence-electron chi connectivity index (χ4n) is 1.08. The molecule has 17 heavy (non-hydrogen) atoms. The first kappa shape index (κ1) is 13.1. The van der Waals surface area contributed by atoms with Gasteiger partial charge in [0.05, 0.1) is 0 Å². The van der Waals surface area contributed by atoms with Crippen molar-refractivity contribution < 1.29 is 9.84 Å². The van der Waals surface area contributed by atoms with Crippen LogP contribution in [0.3, 0.4) is 0 Å². The van der Waals surface area contributed by atoms with Crippen LogP contribution < -0.4 is 10.5 Å². The van der Waals surface area contributed by atoms with Crippen molar-refractivity contribution >= 4 is 18.3 Å². The zero-order valence-corrected chi connectivity index (χ0v) is 10.1. The van der Waals surface area contributed by atoms with Crippen LogP contribution in [-0.2, 0) is 0 Å². The number of nitrogens with two attached hydrogens (primary N) is 1. The van der Waals surface area contributed by atoms with E-state index in [-0.39, 0.29) is 22.5 Å². The van der Waals surface area contributed by atoms with Crippen LogP contribution in [0.25, 0.3) is 0 Å². The van der Waals surface area contributed by atoms with E-state index in [2.05, 4.69) is 11.7 Å². The third-order valence-corrected chi connectivity index (χ3v) is 2.12. The predicted molar refractivity (Wildman–Crippen MR) is 69.2 cm³/mol. The second kappa shape index (κ2) is 5.96. The van der Waals surface area contributed by atoms with Gasteiger partial charge in [-0.3, -0.25) is 4.99 Å². The number of halogens is 1. The molecule has 0 fully saturated rings. The third kappa shape index (κ3) is 4.20. The number of phenols is 1. The molecule has 0 amide bonds. The standard InChI is InChI=1S/C12H13ClN2O2/c1-8-3-4-10(9(16)7-8)17-12(14)6-5-11(13)15-2/h3-7,16H,2,14H2,1H3/b11-5-,12-6+. The van der Waals surface area contributed by atoms with Crippen LogP contribution in [0.5, 0.6) is 11.5 Å². The highest BCUT2D eigenvalue weighted by Gasteiger charge is 2.03. The van der Waals surface area contributed by atoms with E-state index in [4.69, 9.17) is 22.1 Å². The fourth-order valence-corrected chi connectivity index (χ4v) is 1.14. The Labute approximate surface area is 105 Å². The number of phenolic OH excluding ortho intramolecular Hbond substituents is 1. The summed E-state index contributed by atoms with van der Waals surface area (Å²) in [6.45, 7) is 5.11. The molecule has 0 aromatic heterocycles. The Morgan fingerprint density at radius 3 is 2.82 bits per heavy atom. The first-order valence-electron chi connectivity index (χ1n) is 4.80. The number of aryl methyl sites for hydroxylation is 1. The van der Waals surface area contributed by atoms with E-state index in [9.17, 15) is 5.11 Å². The van der Waals surface area contributed by atoms with E-state index in [0.29, 0.717) is 0 Å². The Morgan fingerprint density at radius 2 is 2.24 bits per heavy atom. The monoisotopic (exact) mass is 252 g/mol. The average Bonchev–Trinajstić information content (AvgIpc) is 2.29. The molecule has 0 aliphatic heterocycles. The molecule has 0 saturated heterocycles. The zero-order chi connectivity index (χ0) is 12.8. The summed E-state index contributed by atoms with van der Waals surface area (Å²) in [5, 5.41) is 9.78. The van der Waals surface area contributed by atoms with Crippen LogP contribution >= 0.6 is 11.6 Å². The minimum absolute atomic E-state index is 0.0262. The maximum absolute atomic E-state index is 9.59. The summed E-state index contributed by atoms with van der Waals surface area (Å²) in [6.07, 6.45) is 2.87. The van der Waals surface area contributed by atoms with Crippen molar-refractivity contribution in [2.75, 3.05) is 0 Å². The van der Waals surface area contributed by atoms with E-state index < -0.39 is 0 Å². The molecule has 0 saturated carbocycles. The summed E-state index contributed by atoms with van der Waals surface area (Å²) >= 11 is 5.59. The van der Waals surface area contributed by atoms with Gasteiger partial charge in [0.1, 0.15) is 5.16 Å². The Morgan fingerprint density at radius 1 is 1.53 bits per heavy atom. The molecule has 0 radical (unpaired) electrons. The number of rotatable bonds is 4. The maximum atomic E-state index is 9.59. The van der Waals surface area contributed by atoms with Gasteiger partial charge < -0.3 is 15.6 Å². The Hall–Kier alpha value is -1.94. The predicted octanol–water partition coefficient (Wildman–Crippen LogP) is 2.66. The average molecular weight is 253 g/mol. The number of allylic oxidation sites excluding steroid dienone is 2. The lowest BCUT2D eigenvalue weighted by atomic mass is 10.2. The molecular formula is C12H13ClN2O2. The summed E-state index contributed by atoms with van der Waals surface area (Å²) in [4.78, 5) is 3.47. The normalized spacial score (nSPS) is 12.4. The third-order valence-electron chi connectivity index (χ3n) is 1.88. The van der Waals surface area contributed by atoms with E-state index in [1.807, 2.05) is 6.92 Å². The zero-order valence-electron chi connectivity index (χ0n) is 9.35. The van der Waals surface area contributed by atoms with Crippen LogP contribution in [0.1, 0.15) is 5.56 Å². The molecule has 0 unspecified atom stereocenters. The fraction of sp³-hybridized carbons (Fsp3) is 0.0833. The van der Waals surface area contributed by atoms with Crippen molar-refractivity contribution in [3.05, 3.63) is 47.0 Å². The summed E-state index contributed by atoms with van der Waals surface area (Å²) < 4.78 is 5.22. The summed E-state index contributed by atoms with van der Waals surface area (Å²) in [7, 11) is 0. The van der Waals surface area contributed by atoms with Gasteiger partial charge in [-0.2, -0.15) is 0 Å². The molecule has 0 heterocycles.